The molecule has 1 amide bonds. The summed E-state index contributed by atoms with van der Waals surface area (Å²) in [6.07, 6.45) is 7.63. The molecule has 1 aliphatic carbocycles. The van der Waals surface area contributed by atoms with Gasteiger partial charge in [-0.05, 0) is 49.3 Å². The lowest BCUT2D eigenvalue weighted by Gasteiger charge is -2.38. The minimum atomic E-state index is 0.244. The molecular formula is C27H33N3O. The number of amides is 1. The number of carbonyl (C=O) groups excluding carboxylic acids is 1. The molecule has 1 aliphatic heterocycles. The van der Waals surface area contributed by atoms with E-state index in [9.17, 15) is 4.79 Å². The second-order valence-electron chi connectivity index (χ2n) is 9.47. The summed E-state index contributed by atoms with van der Waals surface area (Å²) in [5.41, 5.74) is 3.58. The summed E-state index contributed by atoms with van der Waals surface area (Å²) in [6, 6.07) is 19.5. The minimum Gasteiger partial charge on any atom is -0.342 e. The Bertz CT molecular complexity index is 1030. The topological polar surface area (TPSA) is 38.1 Å². The van der Waals surface area contributed by atoms with Gasteiger partial charge in [0, 0.05) is 31.5 Å². The third kappa shape index (κ3) is 4.13. The van der Waals surface area contributed by atoms with E-state index < -0.39 is 0 Å². The maximum absolute atomic E-state index is 13.2. The number of nitrogens with zero attached hydrogens (tertiary/aromatic N) is 3. The van der Waals surface area contributed by atoms with Gasteiger partial charge < -0.3 is 9.47 Å². The van der Waals surface area contributed by atoms with Gasteiger partial charge in [-0.15, -0.1) is 0 Å². The van der Waals surface area contributed by atoms with Crippen molar-refractivity contribution in [3.8, 4) is 0 Å². The van der Waals surface area contributed by atoms with Crippen molar-refractivity contribution in [2.75, 3.05) is 13.1 Å². The van der Waals surface area contributed by atoms with Gasteiger partial charge in [-0.1, -0.05) is 62.2 Å². The number of benzene rings is 2. The summed E-state index contributed by atoms with van der Waals surface area (Å²) in [4.78, 5) is 20.3. The second-order valence-corrected chi connectivity index (χ2v) is 9.47. The monoisotopic (exact) mass is 415 g/mol. The van der Waals surface area contributed by atoms with Crippen LogP contribution in [0.4, 0.5) is 0 Å². The Morgan fingerprint density at radius 2 is 1.65 bits per heavy atom. The molecule has 1 aromatic heterocycles. The smallest absolute Gasteiger partial charge is 0.225 e. The molecule has 0 radical (unpaired) electrons. The number of piperidine rings is 1. The third-order valence-electron chi connectivity index (χ3n) is 7.44. The zero-order valence-electron chi connectivity index (χ0n) is 18.5. The molecule has 2 atom stereocenters. The zero-order valence-corrected chi connectivity index (χ0v) is 18.5. The highest BCUT2D eigenvalue weighted by molar-refractivity contribution is 5.79. The first-order valence-corrected chi connectivity index (χ1v) is 12.0. The van der Waals surface area contributed by atoms with Crippen LogP contribution in [0.25, 0.3) is 11.0 Å². The molecule has 2 aromatic carbocycles. The van der Waals surface area contributed by atoms with Crippen molar-refractivity contribution in [2.24, 2.45) is 11.8 Å². The van der Waals surface area contributed by atoms with Gasteiger partial charge in [0.15, 0.2) is 0 Å². The number of aromatic nitrogens is 2. The number of carbonyl (C=O) groups is 1. The van der Waals surface area contributed by atoms with Gasteiger partial charge in [0.2, 0.25) is 5.91 Å². The fourth-order valence-electron chi connectivity index (χ4n) is 5.67. The summed E-state index contributed by atoms with van der Waals surface area (Å²) >= 11 is 0. The molecule has 2 fully saturated rings. The molecule has 2 unspecified atom stereocenters. The van der Waals surface area contributed by atoms with Crippen LogP contribution in [0.1, 0.15) is 62.9 Å². The Morgan fingerprint density at radius 1 is 0.935 bits per heavy atom. The van der Waals surface area contributed by atoms with Gasteiger partial charge in [-0.3, -0.25) is 4.79 Å². The first-order chi connectivity index (χ1) is 15.2. The largest absolute Gasteiger partial charge is 0.342 e. The van der Waals surface area contributed by atoms with E-state index in [1.807, 2.05) is 0 Å². The van der Waals surface area contributed by atoms with Gasteiger partial charge >= 0.3 is 0 Å². The van der Waals surface area contributed by atoms with Crippen LogP contribution in [0.3, 0.4) is 0 Å². The third-order valence-corrected chi connectivity index (χ3v) is 7.44. The van der Waals surface area contributed by atoms with Crippen molar-refractivity contribution in [1.29, 1.82) is 0 Å². The number of para-hydroxylation sites is 2. The predicted molar refractivity (Wildman–Crippen MR) is 125 cm³/mol. The highest BCUT2D eigenvalue weighted by Crippen LogP contribution is 2.34. The van der Waals surface area contributed by atoms with E-state index in [4.69, 9.17) is 4.98 Å². The van der Waals surface area contributed by atoms with Crippen LogP contribution in [0.2, 0.25) is 0 Å². The zero-order chi connectivity index (χ0) is 21.2. The molecule has 0 bridgehead atoms. The minimum absolute atomic E-state index is 0.244. The first kappa shape index (κ1) is 20.3. The van der Waals surface area contributed by atoms with Crippen molar-refractivity contribution in [3.05, 3.63) is 66.0 Å². The van der Waals surface area contributed by atoms with Crippen molar-refractivity contribution in [1.82, 2.24) is 14.5 Å². The summed E-state index contributed by atoms with van der Waals surface area (Å²) < 4.78 is 2.47. The van der Waals surface area contributed by atoms with Crippen LogP contribution in [0, 0.1) is 11.8 Å². The lowest BCUT2D eigenvalue weighted by atomic mass is 9.79. The van der Waals surface area contributed by atoms with Crippen LogP contribution in [-0.4, -0.2) is 33.4 Å². The van der Waals surface area contributed by atoms with Gasteiger partial charge in [0.1, 0.15) is 5.82 Å². The highest BCUT2D eigenvalue weighted by atomic mass is 16.2. The van der Waals surface area contributed by atoms with Crippen LogP contribution in [-0.2, 0) is 11.2 Å². The van der Waals surface area contributed by atoms with Crippen LogP contribution in [0.15, 0.2) is 54.6 Å². The van der Waals surface area contributed by atoms with Crippen molar-refractivity contribution in [3.63, 3.8) is 0 Å². The maximum Gasteiger partial charge on any atom is 0.225 e. The SMILES string of the molecule is CC1CCCCC1C(=O)N1CCC(n2c(Cc3ccccc3)nc3ccccc32)CC1. The van der Waals surface area contributed by atoms with Crippen LogP contribution < -0.4 is 0 Å². The van der Waals surface area contributed by atoms with Gasteiger partial charge in [0.25, 0.3) is 0 Å². The number of hydrogen-bond acceptors (Lipinski definition) is 2. The number of hydrogen-bond donors (Lipinski definition) is 0. The maximum atomic E-state index is 13.2. The summed E-state index contributed by atoms with van der Waals surface area (Å²) in [5.74, 6) is 2.32. The molecule has 2 heterocycles. The van der Waals surface area contributed by atoms with Crippen molar-refractivity contribution < 1.29 is 4.79 Å². The molecule has 1 saturated heterocycles. The normalized spacial score (nSPS) is 22.7. The van der Waals surface area contributed by atoms with E-state index >= 15 is 0 Å². The lowest BCUT2D eigenvalue weighted by Crippen LogP contribution is -2.44. The number of rotatable bonds is 4. The Morgan fingerprint density at radius 3 is 2.42 bits per heavy atom. The fourth-order valence-corrected chi connectivity index (χ4v) is 5.67. The first-order valence-electron chi connectivity index (χ1n) is 12.0. The van der Waals surface area contributed by atoms with E-state index in [1.165, 1.54) is 30.3 Å². The Labute approximate surface area is 185 Å². The molecule has 31 heavy (non-hydrogen) atoms. The Balaban J connectivity index is 1.35. The molecule has 4 heteroatoms. The quantitative estimate of drug-likeness (QED) is 0.555. The van der Waals surface area contributed by atoms with Crippen LogP contribution in [0.5, 0.6) is 0 Å². The van der Waals surface area contributed by atoms with E-state index in [1.54, 1.807) is 0 Å². The Hall–Kier alpha value is -2.62. The molecule has 4 nitrogen and oxygen atoms in total. The van der Waals surface area contributed by atoms with Crippen molar-refractivity contribution >= 4 is 16.9 Å². The molecule has 0 N–H and O–H groups in total. The standard InChI is InChI=1S/C27H33N3O/c1-20-9-5-6-12-23(20)27(31)29-17-15-22(16-18-29)30-25-14-8-7-13-24(25)28-26(30)19-21-10-3-2-4-11-21/h2-4,7-8,10-11,13-14,20,22-23H,5-6,9,12,15-19H2,1H3. The van der Waals surface area contributed by atoms with E-state index in [0.29, 0.717) is 17.9 Å². The van der Waals surface area contributed by atoms with E-state index in [0.717, 1.165) is 50.1 Å². The van der Waals surface area contributed by atoms with Crippen LogP contribution >= 0.6 is 0 Å². The highest BCUT2D eigenvalue weighted by Gasteiger charge is 2.33. The molecule has 3 aromatic rings. The fraction of sp³-hybridized carbons (Fsp3) is 0.481. The van der Waals surface area contributed by atoms with Gasteiger partial charge in [0.05, 0.1) is 11.0 Å². The average molecular weight is 416 g/mol. The Kier molecular flexibility index (Phi) is 5.80. The molecule has 1 saturated carbocycles. The lowest BCUT2D eigenvalue weighted by molar-refractivity contribution is -0.139. The van der Waals surface area contributed by atoms with Gasteiger partial charge in [-0.25, -0.2) is 4.98 Å². The number of fused-ring (bicyclic) bond motifs is 1. The number of imidazole rings is 1. The molecule has 162 valence electrons. The summed E-state index contributed by atoms with van der Waals surface area (Å²) in [6.45, 7) is 4.00. The molecule has 2 aliphatic rings. The second kappa shape index (κ2) is 8.86. The number of likely N-dealkylation sites (tertiary alicyclic amines) is 1. The molecule has 0 spiro atoms. The van der Waals surface area contributed by atoms with E-state index in [2.05, 4.69) is 71.0 Å². The van der Waals surface area contributed by atoms with Crippen molar-refractivity contribution in [2.45, 2.75) is 57.9 Å². The predicted octanol–water partition coefficient (Wildman–Crippen LogP) is 5.62. The average Bonchev–Trinajstić information content (AvgIpc) is 3.17. The van der Waals surface area contributed by atoms with E-state index in [-0.39, 0.29) is 5.92 Å². The summed E-state index contributed by atoms with van der Waals surface area (Å²) in [5, 5.41) is 0. The summed E-state index contributed by atoms with van der Waals surface area (Å²) in [7, 11) is 0. The van der Waals surface area contributed by atoms with Gasteiger partial charge in [-0.2, -0.15) is 0 Å². The molecule has 5 rings (SSSR count). The molecular weight excluding hydrogens is 382 g/mol.